The minimum Gasteiger partial charge on any atom is -0.388 e. The van der Waals surface area contributed by atoms with Gasteiger partial charge in [-0.3, -0.25) is 4.68 Å². The summed E-state index contributed by atoms with van der Waals surface area (Å²) in [5, 5.41) is 7.37. The second-order valence-electron chi connectivity index (χ2n) is 3.82. The van der Waals surface area contributed by atoms with E-state index >= 15 is 0 Å². The number of thiocarbonyl (C=S) groups is 1. The lowest BCUT2D eigenvalue weighted by atomic mass is 10.3. The SMILES string of the molecule is NC(=S)c1cccc(NCCCn2cccn2)n1. The largest absolute Gasteiger partial charge is 0.388 e. The highest BCUT2D eigenvalue weighted by molar-refractivity contribution is 7.80. The lowest BCUT2D eigenvalue weighted by Gasteiger charge is -2.07. The highest BCUT2D eigenvalue weighted by Crippen LogP contribution is 2.04. The summed E-state index contributed by atoms with van der Waals surface area (Å²) in [5.41, 5.74) is 6.17. The van der Waals surface area contributed by atoms with Gasteiger partial charge in [0, 0.05) is 25.5 Å². The van der Waals surface area contributed by atoms with Crippen molar-refractivity contribution in [2.75, 3.05) is 11.9 Å². The molecule has 0 aliphatic rings. The molecule has 18 heavy (non-hydrogen) atoms. The molecule has 0 saturated carbocycles. The van der Waals surface area contributed by atoms with Crippen LogP contribution >= 0.6 is 12.2 Å². The zero-order valence-electron chi connectivity index (χ0n) is 9.91. The minimum atomic E-state index is 0.315. The molecular weight excluding hydrogens is 246 g/mol. The van der Waals surface area contributed by atoms with Crippen LogP contribution in [0, 0.1) is 0 Å². The summed E-state index contributed by atoms with van der Waals surface area (Å²) in [5.74, 6) is 0.792. The molecule has 0 atom stereocenters. The fourth-order valence-corrected chi connectivity index (χ4v) is 1.67. The van der Waals surface area contributed by atoms with Crippen molar-refractivity contribution in [3.63, 3.8) is 0 Å². The molecule has 0 unspecified atom stereocenters. The van der Waals surface area contributed by atoms with Crippen molar-refractivity contribution in [2.24, 2.45) is 5.73 Å². The van der Waals surface area contributed by atoms with Crippen molar-refractivity contribution >= 4 is 23.0 Å². The number of anilines is 1. The number of aromatic nitrogens is 3. The van der Waals surface area contributed by atoms with Crippen molar-refractivity contribution in [3.05, 3.63) is 42.4 Å². The van der Waals surface area contributed by atoms with Crippen LogP contribution in [0.15, 0.2) is 36.7 Å². The van der Waals surface area contributed by atoms with Crippen LogP contribution in [0.3, 0.4) is 0 Å². The van der Waals surface area contributed by atoms with Crippen LogP contribution in [0.25, 0.3) is 0 Å². The Balaban J connectivity index is 1.79. The van der Waals surface area contributed by atoms with Gasteiger partial charge in [0.15, 0.2) is 0 Å². The molecule has 0 radical (unpaired) electrons. The van der Waals surface area contributed by atoms with Gasteiger partial charge in [0.1, 0.15) is 10.8 Å². The van der Waals surface area contributed by atoms with Crippen molar-refractivity contribution in [2.45, 2.75) is 13.0 Å². The maximum atomic E-state index is 5.53. The van der Waals surface area contributed by atoms with Gasteiger partial charge in [-0.1, -0.05) is 18.3 Å². The van der Waals surface area contributed by atoms with Crippen LogP contribution in [-0.4, -0.2) is 26.3 Å². The standard InChI is InChI=1S/C12H15N5S/c13-12(18)10-4-1-5-11(16-10)14-6-2-8-17-9-3-7-15-17/h1,3-5,7,9H,2,6,8H2,(H2,13,18)(H,14,16). The highest BCUT2D eigenvalue weighted by atomic mass is 32.1. The fourth-order valence-electron chi connectivity index (χ4n) is 1.56. The summed E-state index contributed by atoms with van der Waals surface area (Å²) < 4.78 is 1.90. The van der Waals surface area contributed by atoms with E-state index in [1.807, 2.05) is 29.1 Å². The Labute approximate surface area is 111 Å². The molecule has 0 amide bonds. The van der Waals surface area contributed by atoms with Gasteiger partial charge < -0.3 is 11.1 Å². The van der Waals surface area contributed by atoms with Gasteiger partial charge in [0.05, 0.1) is 5.69 Å². The number of nitrogens with one attached hydrogen (secondary N) is 1. The van der Waals surface area contributed by atoms with E-state index in [0.29, 0.717) is 10.7 Å². The predicted molar refractivity (Wildman–Crippen MR) is 75.5 cm³/mol. The molecule has 0 saturated heterocycles. The molecule has 0 spiro atoms. The van der Waals surface area contributed by atoms with Gasteiger partial charge >= 0.3 is 0 Å². The van der Waals surface area contributed by atoms with Crippen molar-refractivity contribution in [1.29, 1.82) is 0 Å². The Morgan fingerprint density at radius 2 is 2.28 bits per heavy atom. The predicted octanol–water partition coefficient (Wildman–Crippen LogP) is 1.41. The van der Waals surface area contributed by atoms with Gasteiger partial charge in [-0.15, -0.1) is 0 Å². The van der Waals surface area contributed by atoms with E-state index in [9.17, 15) is 0 Å². The van der Waals surface area contributed by atoms with Crippen molar-refractivity contribution < 1.29 is 0 Å². The molecule has 0 aromatic carbocycles. The zero-order chi connectivity index (χ0) is 12.8. The number of nitrogens with zero attached hydrogens (tertiary/aromatic N) is 3. The molecule has 0 fully saturated rings. The number of hydrogen-bond donors (Lipinski definition) is 2. The second kappa shape index (κ2) is 6.11. The smallest absolute Gasteiger partial charge is 0.126 e. The number of nitrogens with two attached hydrogens (primary N) is 1. The molecule has 0 aliphatic heterocycles. The number of pyridine rings is 1. The monoisotopic (exact) mass is 261 g/mol. The van der Waals surface area contributed by atoms with Gasteiger partial charge in [0.25, 0.3) is 0 Å². The molecule has 0 bridgehead atoms. The van der Waals surface area contributed by atoms with Gasteiger partial charge in [-0.2, -0.15) is 5.10 Å². The molecular formula is C12H15N5S. The van der Waals surface area contributed by atoms with Gasteiger partial charge in [-0.05, 0) is 24.6 Å². The van der Waals surface area contributed by atoms with E-state index < -0.39 is 0 Å². The van der Waals surface area contributed by atoms with Gasteiger partial charge in [0.2, 0.25) is 0 Å². The second-order valence-corrected chi connectivity index (χ2v) is 4.26. The fraction of sp³-hybridized carbons (Fsp3) is 0.250. The van der Waals surface area contributed by atoms with Crippen molar-refractivity contribution in [3.8, 4) is 0 Å². The number of aryl methyl sites for hydroxylation is 1. The zero-order valence-corrected chi connectivity index (χ0v) is 10.7. The quantitative estimate of drug-likeness (QED) is 0.608. The maximum Gasteiger partial charge on any atom is 0.126 e. The third-order valence-corrected chi connectivity index (χ3v) is 2.64. The first-order valence-corrected chi connectivity index (χ1v) is 6.15. The van der Waals surface area contributed by atoms with E-state index in [-0.39, 0.29) is 0 Å². The topological polar surface area (TPSA) is 68.8 Å². The normalized spacial score (nSPS) is 10.2. The average molecular weight is 261 g/mol. The Morgan fingerprint density at radius 3 is 3.00 bits per heavy atom. The van der Waals surface area contributed by atoms with E-state index in [0.717, 1.165) is 25.3 Å². The van der Waals surface area contributed by atoms with E-state index in [1.54, 1.807) is 12.3 Å². The Kier molecular flexibility index (Phi) is 4.25. The van der Waals surface area contributed by atoms with Crippen molar-refractivity contribution in [1.82, 2.24) is 14.8 Å². The third-order valence-electron chi connectivity index (χ3n) is 2.43. The maximum absolute atomic E-state index is 5.53. The molecule has 2 heterocycles. The van der Waals surface area contributed by atoms with Crippen LogP contribution in [0.1, 0.15) is 12.1 Å². The summed E-state index contributed by atoms with van der Waals surface area (Å²) >= 11 is 4.89. The Hall–Kier alpha value is -1.95. The van der Waals surface area contributed by atoms with E-state index in [4.69, 9.17) is 18.0 Å². The van der Waals surface area contributed by atoms with Gasteiger partial charge in [-0.25, -0.2) is 4.98 Å². The molecule has 94 valence electrons. The first kappa shape index (κ1) is 12.5. The third kappa shape index (κ3) is 3.53. The number of hydrogen-bond acceptors (Lipinski definition) is 4. The molecule has 5 nitrogen and oxygen atoms in total. The minimum absolute atomic E-state index is 0.315. The van der Waals surface area contributed by atoms with E-state index in [2.05, 4.69) is 15.4 Å². The molecule has 2 rings (SSSR count). The first-order chi connectivity index (χ1) is 8.75. The Morgan fingerprint density at radius 1 is 1.39 bits per heavy atom. The van der Waals surface area contributed by atoms with Crippen LogP contribution in [0.4, 0.5) is 5.82 Å². The summed E-state index contributed by atoms with van der Waals surface area (Å²) in [6.07, 6.45) is 4.70. The number of rotatable bonds is 6. The summed E-state index contributed by atoms with van der Waals surface area (Å²) in [7, 11) is 0. The van der Waals surface area contributed by atoms with Crippen LogP contribution < -0.4 is 11.1 Å². The molecule has 0 aliphatic carbocycles. The summed E-state index contributed by atoms with van der Waals surface area (Å²) in [6, 6.07) is 7.50. The molecule has 6 heteroatoms. The summed E-state index contributed by atoms with van der Waals surface area (Å²) in [4.78, 5) is 4.62. The lowest BCUT2D eigenvalue weighted by Crippen LogP contribution is -2.13. The Bertz CT molecular complexity index is 509. The average Bonchev–Trinajstić information content (AvgIpc) is 2.88. The summed E-state index contributed by atoms with van der Waals surface area (Å²) in [6.45, 7) is 1.71. The van der Waals surface area contributed by atoms with Crippen LogP contribution in [0.2, 0.25) is 0 Å². The highest BCUT2D eigenvalue weighted by Gasteiger charge is 1.99. The van der Waals surface area contributed by atoms with E-state index in [1.165, 1.54) is 0 Å². The molecule has 3 N–H and O–H groups in total. The first-order valence-electron chi connectivity index (χ1n) is 5.74. The molecule has 2 aromatic heterocycles. The van der Waals surface area contributed by atoms with Crippen LogP contribution in [0.5, 0.6) is 0 Å². The lowest BCUT2D eigenvalue weighted by molar-refractivity contribution is 0.591. The van der Waals surface area contributed by atoms with Crippen LogP contribution in [-0.2, 0) is 6.54 Å². The molecule has 2 aromatic rings.